The molecule has 0 aliphatic rings. The third kappa shape index (κ3) is 5.31. The van der Waals surface area contributed by atoms with Crippen molar-refractivity contribution in [3.05, 3.63) is 59.9 Å². The first-order valence-corrected chi connectivity index (χ1v) is 6.84. The average Bonchev–Trinajstić information content (AvgIpc) is 2.54. The van der Waals surface area contributed by atoms with E-state index in [-0.39, 0.29) is 18.0 Å². The van der Waals surface area contributed by atoms with E-state index in [4.69, 9.17) is 4.74 Å². The Labute approximate surface area is 135 Å². The lowest BCUT2D eigenvalue weighted by molar-refractivity contribution is -0.125. The number of nitrogens with one attached hydrogen (secondary N) is 2. The van der Waals surface area contributed by atoms with Crippen LogP contribution in [-0.2, 0) is 9.59 Å². The fourth-order valence-corrected chi connectivity index (χ4v) is 1.71. The summed E-state index contributed by atoms with van der Waals surface area (Å²) < 4.78 is 43.7. The quantitative estimate of drug-likeness (QED) is 0.849. The molecule has 0 aliphatic carbocycles. The molecule has 0 fully saturated rings. The van der Waals surface area contributed by atoms with E-state index in [1.807, 2.05) is 0 Å². The standard InChI is InChI=1S/C16H13F3N2O3/c17-10-2-1-3-12(6-10)24-9-16(23)20-8-15(22)21-11-4-5-13(18)14(19)7-11/h1-7H,8-9H2,(H,20,23)(H,21,22). The minimum absolute atomic E-state index is 0.0594. The summed E-state index contributed by atoms with van der Waals surface area (Å²) in [5.41, 5.74) is 0.0594. The first-order valence-electron chi connectivity index (χ1n) is 6.84. The van der Waals surface area contributed by atoms with Crippen molar-refractivity contribution < 1.29 is 27.5 Å². The van der Waals surface area contributed by atoms with Gasteiger partial charge in [-0.15, -0.1) is 0 Å². The predicted molar refractivity (Wildman–Crippen MR) is 79.9 cm³/mol. The number of carbonyl (C=O) groups excluding carboxylic acids is 2. The molecule has 126 valence electrons. The molecule has 2 N–H and O–H groups in total. The second-order valence-corrected chi connectivity index (χ2v) is 4.70. The second-order valence-electron chi connectivity index (χ2n) is 4.70. The van der Waals surface area contributed by atoms with Gasteiger partial charge in [-0.25, -0.2) is 13.2 Å². The first kappa shape index (κ1) is 17.3. The van der Waals surface area contributed by atoms with Crippen molar-refractivity contribution in [1.29, 1.82) is 0 Å². The van der Waals surface area contributed by atoms with E-state index >= 15 is 0 Å². The summed E-state index contributed by atoms with van der Waals surface area (Å²) in [6.45, 7) is -0.785. The van der Waals surface area contributed by atoms with Crippen molar-refractivity contribution in [3.63, 3.8) is 0 Å². The van der Waals surface area contributed by atoms with Crippen molar-refractivity contribution in [2.75, 3.05) is 18.5 Å². The van der Waals surface area contributed by atoms with Crippen LogP contribution in [0, 0.1) is 17.5 Å². The fourth-order valence-electron chi connectivity index (χ4n) is 1.71. The molecule has 2 rings (SSSR count). The molecule has 2 aromatic rings. The SMILES string of the molecule is O=C(COc1cccc(F)c1)NCC(=O)Nc1ccc(F)c(F)c1. The van der Waals surface area contributed by atoms with E-state index in [2.05, 4.69) is 10.6 Å². The Morgan fingerprint density at radius 1 is 0.958 bits per heavy atom. The Balaban J connectivity index is 1.74. The molecule has 0 saturated heterocycles. The van der Waals surface area contributed by atoms with E-state index in [9.17, 15) is 22.8 Å². The van der Waals surface area contributed by atoms with Gasteiger partial charge in [0.1, 0.15) is 11.6 Å². The molecule has 2 aromatic carbocycles. The number of rotatable bonds is 6. The highest BCUT2D eigenvalue weighted by Crippen LogP contribution is 2.13. The number of ether oxygens (including phenoxy) is 1. The van der Waals surface area contributed by atoms with Crippen molar-refractivity contribution >= 4 is 17.5 Å². The summed E-state index contributed by atoms with van der Waals surface area (Å²) in [4.78, 5) is 23.1. The van der Waals surface area contributed by atoms with E-state index in [0.29, 0.717) is 0 Å². The number of hydrogen-bond donors (Lipinski definition) is 2. The number of halogens is 3. The summed E-state index contributed by atoms with van der Waals surface area (Å²) in [6, 6.07) is 8.13. The number of carbonyl (C=O) groups is 2. The molecule has 2 amide bonds. The highest BCUT2D eigenvalue weighted by Gasteiger charge is 2.09. The summed E-state index contributed by atoms with van der Waals surface area (Å²) in [5.74, 6) is -3.67. The Hall–Kier alpha value is -3.03. The van der Waals surface area contributed by atoms with Gasteiger partial charge < -0.3 is 15.4 Å². The zero-order chi connectivity index (χ0) is 17.5. The predicted octanol–water partition coefficient (Wildman–Crippen LogP) is 2.24. The first-order chi connectivity index (χ1) is 11.4. The summed E-state index contributed by atoms with van der Waals surface area (Å²) in [6.07, 6.45) is 0. The summed E-state index contributed by atoms with van der Waals surface area (Å²) in [7, 11) is 0. The maximum atomic E-state index is 13.0. The van der Waals surface area contributed by atoms with Crippen LogP contribution in [0.5, 0.6) is 5.75 Å². The largest absolute Gasteiger partial charge is 0.484 e. The Kier molecular flexibility index (Phi) is 5.78. The van der Waals surface area contributed by atoms with Gasteiger partial charge in [-0.1, -0.05) is 6.07 Å². The van der Waals surface area contributed by atoms with Crippen LogP contribution in [0.15, 0.2) is 42.5 Å². The fraction of sp³-hybridized carbons (Fsp3) is 0.125. The molecule has 0 atom stereocenters. The van der Waals surface area contributed by atoms with Gasteiger partial charge >= 0.3 is 0 Å². The number of amides is 2. The number of anilines is 1. The van der Waals surface area contributed by atoms with Crippen LogP contribution in [0.25, 0.3) is 0 Å². The Bertz CT molecular complexity index is 753. The molecule has 0 spiro atoms. The molecule has 0 saturated carbocycles. The van der Waals surface area contributed by atoms with Crippen molar-refractivity contribution in [2.24, 2.45) is 0 Å². The van der Waals surface area contributed by atoms with Crippen LogP contribution in [-0.4, -0.2) is 25.0 Å². The van der Waals surface area contributed by atoms with E-state index < -0.39 is 35.9 Å². The second kappa shape index (κ2) is 8.00. The zero-order valence-corrected chi connectivity index (χ0v) is 12.3. The van der Waals surface area contributed by atoms with Gasteiger partial charge in [0.2, 0.25) is 5.91 Å². The van der Waals surface area contributed by atoms with E-state index in [1.165, 1.54) is 24.3 Å². The van der Waals surface area contributed by atoms with Gasteiger partial charge in [-0.3, -0.25) is 9.59 Å². The molecular weight excluding hydrogens is 325 g/mol. The van der Waals surface area contributed by atoms with Crippen LogP contribution in [0.4, 0.5) is 18.9 Å². The van der Waals surface area contributed by atoms with E-state index in [0.717, 1.165) is 18.2 Å². The van der Waals surface area contributed by atoms with Gasteiger partial charge in [-0.2, -0.15) is 0 Å². The molecule has 0 heterocycles. The van der Waals surface area contributed by atoms with Gasteiger partial charge in [0.15, 0.2) is 18.2 Å². The van der Waals surface area contributed by atoms with Crippen LogP contribution in [0.1, 0.15) is 0 Å². The maximum Gasteiger partial charge on any atom is 0.258 e. The summed E-state index contributed by atoms with van der Waals surface area (Å²) >= 11 is 0. The molecule has 0 aromatic heterocycles. The van der Waals surface area contributed by atoms with Crippen LogP contribution in [0.2, 0.25) is 0 Å². The van der Waals surface area contributed by atoms with Gasteiger partial charge in [0.25, 0.3) is 5.91 Å². The van der Waals surface area contributed by atoms with Crippen molar-refractivity contribution in [1.82, 2.24) is 5.32 Å². The van der Waals surface area contributed by atoms with Crippen LogP contribution < -0.4 is 15.4 Å². The molecule has 8 heteroatoms. The van der Waals surface area contributed by atoms with Gasteiger partial charge in [-0.05, 0) is 24.3 Å². The molecule has 0 radical (unpaired) electrons. The minimum Gasteiger partial charge on any atom is -0.484 e. The molecule has 0 aliphatic heterocycles. The molecular formula is C16H13F3N2O3. The van der Waals surface area contributed by atoms with Crippen molar-refractivity contribution in [2.45, 2.75) is 0 Å². The van der Waals surface area contributed by atoms with Gasteiger partial charge in [0.05, 0.1) is 6.54 Å². The van der Waals surface area contributed by atoms with E-state index in [1.54, 1.807) is 0 Å². The normalized spacial score (nSPS) is 10.1. The molecule has 24 heavy (non-hydrogen) atoms. The Morgan fingerprint density at radius 2 is 1.75 bits per heavy atom. The maximum absolute atomic E-state index is 13.0. The lowest BCUT2D eigenvalue weighted by Crippen LogP contribution is -2.35. The number of benzene rings is 2. The summed E-state index contributed by atoms with van der Waals surface area (Å²) in [5, 5.41) is 4.57. The molecule has 0 unspecified atom stereocenters. The van der Waals surface area contributed by atoms with Crippen molar-refractivity contribution in [3.8, 4) is 5.75 Å². The lowest BCUT2D eigenvalue weighted by atomic mass is 10.3. The monoisotopic (exact) mass is 338 g/mol. The highest BCUT2D eigenvalue weighted by molar-refractivity contribution is 5.94. The number of hydrogen-bond acceptors (Lipinski definition) is 3. The third-order valence-corrected chi connectivity index (χ3v) is 2.82. The topological polar surface area (TPSA) is 67.4 Å². The smallest absolute Gasteiger partial charge is 0.258 e. The highest BCUT2D eigenvalue weighted by atomic mass is 19.2. The Morgan fingerprint density at radius 3 is 2.46 bits per heavy atom. The molecule has 5 nitrogen and oxygen atoms in total. The zero-order valence-electron chi connectivity index (χ0n) is 12.3. The minimum atomic E-state index is -1.10. The van der Waals surface area contributed by atoms with Gasteiger partial charge in [0, 0.05) is 17.8 Å². The average molecular weight is 338 g/mol. The third-order valence-electron chi connectivity index (χ3n) is 2.82. The lowest BCUT2D eigenvalue weighted by Gasteiger charge is -2.08. The van der Waals surface area contributed by atoms with Crippen LogP contribution in [0.3, 0.4) is 0 Å². The van der Waals surface area contributed by atoms with Crippen LogP contribution >= 0.6 is 0 Å². The molecule has 0 bridgehead atoms.